The van der Waals surface area contributed by atoms with Crippen LogP contribution in [0.1, 0.15) is 19.3 Å². The van der Waals surface area contributed by atoms with Gasteiger partial charge in [0.25, 0.3) is 0 Å². The number of halogens is 3. The van der Waals surface area contributed by atoms with Crippen molar-refractivity contribution in [2.75, 3.05) is 19.8 Å². The summed E-state index contributed by atoms with van der Waals surface area (Å²) in [6.07, 6.45) is -2.85. The molecule has 17 heavy (non-hydrogen) atoms. The summed E-state index contributed by atoms with van der Waals surface area (Å²) in [6.45, 7) is -0.880. The van der Waals surface area contributed by atoms with Gasteiger partial charge in [-0.25, -0.2) is 0 Å². The van der Waals surface area contributed by atoms with Crippen molar-refractivity contribution < 1.29 is 22.7 Å². The van der Waals surface area contributed by atoms with Gasteiger partial charge < -0.3 is 15.4 Å². The fourth-order valence-electron chi connectivity index (χ4n) is 1.98. The third-order valence-corrected chi connectivity index (χ3v) is 3.08. The number of alkyl halides is 3. The SMILES string of the molecule is NC1(C(=O)N(CC(F)(F)F)C2CC2)CCOC1. The minimum absolute atomic E-state index is 0.00686. The van der Waals surface area contributed by atoms with E-state index in [1.165, 1.54) is 0 Å². The van der Waals surface area contributed by atoms with E-state index >= 15 is 0 Å². The molecule has 1 atom stereocenters. The molecule has 0 radical (unpaired) electrons. The zero-order chi connectivity index (χ0) is 12.7. The lowest BCUT2D eigenvalue weighted by atomic mass is 9.98. The molecule has 1 aliphatic carbocycles. The molecule has 1 saturated heterocycles. The predicted molar refractivity (Wildman–Crippen MR) is 53.1 cm³/mol. The van der Waals surface area contributed by atoms with E-state index in [9.17, 15) is 18.0 Å². The van der Waals surface area contributed by atoms with E-state index in [0.29, 0.717) is 19.4 Å². The third kappa shape index (κ3) is 2.90. The Hall–Kier alpha value is -0.820. The van der Waals surface area contributed by atoms with E-state index in [2.05, 4.69) is 0 Å². The van der Waals surface area contributed by atoms with E-state index in [4.69, 9.17) is 10.5 Å². The molecule has 2 fully saturated rings. The zero-order valence-corrected chi connectivity index (χ0v) is 9.29. The molecular formula is C10H15F3N2O2. The highest BCUT2D eigenvalue weighted by atomic mass is 19.4. The molecule has 0 aromatic rings. The van der Waals surface area contributed by atoms with Gasteiger partial charge >= 0.3 is 6.18 Å². The highest BCUT2D eigenvalue weighted by molar-refractivity contribution is 5.87. The summed E-state index contributed by atoms with van der Waals surface area (Å²) in [7, 11) is 0. The van der Waals surface area contributed by atoms with Crippen molar-refractivity contribution in [2.45, 2.75) is 37.0 Å². The molecule has 2 N–H and O–H groups in total. The Balaban J connectivity index is 2.07. The second-order valence-electron chi connectivity index (χ2n) is 4.74. The van der Waals surface area contributed by atoms with E-state index < -0.39 is 24.2 Å². The van der Waals surface area contributed by atoms with Crippen molar-refractivity contribution >= 4 is 5.91 Å². The molecule has 1 unspecified atom stereocenters. The van der Waals surface area contributed by atoms with Gasteiger partial charge in [0.05, 0.1) is 6.61 Å². The van der Waals surface area contributed by atoms with Crippen LogP contribution in [0.5, 0.6) is 0 Å². The molecule has 1 saturated carbocycles. The van der Waals surface area contributed by atoms with Crippen LogP contribution in [0, 0.1) is 0 Å². The van der Waals surface area contributed by atoms with Gasteiger partial charge in [-0.15, -0.1) is 0 Å². The summed E-state index contributed by atoms with van der Waals surface area (Å²) in [5.74, 6) is -0.630. The van der Waals surface area contributed by atoms with Gasteiger partial charge in [0, 0.05) is 12.6 Å². The number of hydrogen-bond donors (Lipinski definition) is 1. The Labute approximate surface area is 96.9 Å². The molecule has 2 aliphatic rings. The highest BCUT2D eigenvalue weighted by Gasteiger charge is 2.48. The molecule has 98 valence electrons. The Morgan fingerprint density at radius 3 is 2.53 bits per heavy atom. The Morgan fingerprint density at radius 1 is 1.47 bits per heavy atom. The molecular weight excluding hydrogens is 237 g/mol. The highest BCUT2D eigenvalue weighted by Crippen LogP contribution is 2.33. The summed E-state index contributed by atoms with van der Waals surface area (Å²) >= 11 is 0. The average Bonchev–Trinajstić information content (AvgIpc) is 2.96. The number of ether oxygens (including phenoxy) is 1. The molecule has 7 heteroatoms. The van der Waals surface area contributed by atoms with Crippen molar-refractivity contribution in [2.24, 2.45) is 5.73 Å². The first-order chi connectivity index (χ1) is 7.82. The average molecular weight is 252 g/mol. The number of nitrogens with two attached hydrogens (primary N) is 1. The second kappa shape index (κ2) is 4.13. The standard InChI is InChI=1S/C10H15F3N2O2/c11-10(12,13)5-15(7-1-2-7)8(16)9(14)3-4-17-6-9/h7H,1-6,14H2. The van der Waals surface area contributed by atoms with Crippen molar-refractivity contribution in [1.82, 2.24) is 4.90 Å². The third-order valence-electron chi connectivity index (χ3n) is 3.08. The van der Waals surface area contributed by atoms with Gasteiger partial charge in [-0.2, -0.15) is 13.2 Å². The first-order valence-electron chi connectivity index (χ1n) is 5.56. The Kier molecular flexibility index (Phi) is 3.07. The monoisotopic (exact) mass is 252 g/mol. The summed E-state index contributed by atoms with van der Waals surface area (Å²) in [5.41, 5.74) is 4.53. The van der Waals surface area contributed by atoms with Crippen LogP contribution in [0.2, 0.25) is 0 Å². The lowest BCUT2D eigenvalue weighted by molar-refractivity contribution is -0.165. The van der Waals surface area contributed by atoms with Gasteiger partial charge in [0.1, 0.15) is 12.1 Å². The van der Waals surface area contributed by atoms with Crippen LogP contribution in [0.3, 0.4) is 0 Å². The van der Waals surface area contributed by atoms with Gasteiger partial charge in [-0.3, -0.25) is 4.79 Å². The van der Waals surface area contributed by atoms with Crippen molar-refractivity contribution in [1.29, 1.82) is 0 Å². The largest absolute Gasteiger partial charge is 0.406 e. The van der Waals surface area contributed by atoms with E-state index in [-0.39, 0.29) is 19.1 Å². The number of carbonyl (C=O) groups is 1. The molecule has 0 spiro atoms. The zero-order valence-electron chi connectivity index (χ0n) is 9.29. The second-order valence-corrected chi connectivity index (χ2v) is 4.74. The fourth-order valence-corrected chi connectivity index (χ4v) is 1.98. The van der Waals surface area contributed by atoms with Crippen molar-refractivity contribution in [3.05, 3.63) is 0 Å². The summed E-state index contributed by atoms with van der Waals surface area (Å²) in [6, 6.07) is -0.301. The van der Waals surface area contributed by atoms with Crippen LogP contribution in [-0.2, 0) is 9.53 Å². The van der Waals surface area contributed by atoms with Gasteiger partial charge in [-0.1, -0.05) is 0 Å². The molecule has 0 aromatic carbocycles. The number of hydrogen-bond acceptors (Lipinski definition) is 3. The molecule has 4 nitrogen and oxygen atoms in total. The molecule has 2 rings (SSSR count). The fraction of sp³-hybridized carbons (Fsp3) is 0.900. The minimum Gasteiger partial charge on any atom is -0.379 e. The van der Waals surface area contributed by atoms with E-state index in [0.717, 1.165) is 4.90 Å². The Bertz CT molecular complexity index is 309. The maximum absolute atomic E-state index is 12.4. The van der Waals surface area contributed by atoms with Crippen LogP contribution in [0.25, 0.3) is 0 Å². The maximum atomic E-state index is 12.4. The predicted octanol–water partition coefficient (Wildman–Crippen LogP) is 0.657. The number of rotatable bonds is 3. The molecule has 1 aliphatic heterocycles. The summed E-state index contributed by atoms with van der Waals surface area (Å²) < 4.78 is 42.2. The quantitative estimate of drug-likeness (QED) is 0.802. The van der Waals surface area contributed by atoms with Gasteiger partial charge in [0.2, 0.25) is 5.91 Å². The normalized spacial score (nSPS) is 29.4. The topological polar surface area (TPSA) is 55.6 Å². The molecule has 1 heterocycles. The first-order valence-corrected chi connectivity index (χ1v) is 5.56. The van der Waals surface area contributed by atoms with Crippen molar-refractivity contribution in [3.8, 4) is 0 Å². The number of carbonyl (C=O) groups excluding carboxylic acids is 1. The van der Waals surface area contributed by atoms with Crippen molar-refractivity contribution in [3.63, 3.8) is 0 Å². The molecule has 0 bridgehead atoms. The minimum atomic E-state index is -4.38. The number of nitrogens with zero attached hydrogens (tertiary/aromatic N) is 1. The van der Waals surface area contributed by atoms with Crippen LogP contribution in [-0.4, -0.2) is 48.3 Å². The molecule has 1 amide bonds. The lowest BCUT2D eigenvalue weighted by Crippen LogP contribution is -2.58. The molecule has 0 aromatic heterocycles. The van der Waals surface area contributed by atoms with Crippen LogP contribution >= 0.6 is 0 Å². The smallest absolute Gasteiger partial charge is 0.379 e. The Morgan fingerprint density at radius 2 is 2.12 bits per heavy atom. The maximum Gasteiger partial charge on any atom is 0.406 e. The number of amides is 1. The van der Waals surface area contributed by atoms with E-state index in [1.54, 1.807) is 0 Å². The summed E-state index contributed by atoms with van der Waals surface area (Å²) in [4.78, 5) is 12.9. The van der Waals surface area contributed by atoms with E-state index in [1.807, 2.05) is 0 Å². The lowest BCUT2D eigenvalue weighted by Gasteiger charge is -2.31. The summed E-state index contributed by atoms with van der Waals surface area (Å²) in [5, 5.41) is 0. The first kappa shape index (κ1) is 12.6. The van der Waals surface area contributed by atoms with Crippen LogP contribution < -0.4 is 5.73 Å². The van der Waals surface area contributed by atoms with Gasteiger partial charge in [0.15, 0.2) is 0 Å². The van der Waals surface area contributed by atoms with Crippen LogP contribution in [0.15, 0.2) is 0 Å². The van der Waals surface area contributed by atoms with Crippen LogP contribution in [0.4, 0.5) is 13.2 Å². The van der Waals surface area contributed by atoms with Gasteiger partial charge in [-0.05, 0) is 19.3 Å².